The highest BCUT2D eigenvalue weighted by Gasteiger charge is 2.50. The average molecular weight is 1290 g/mol. The van der Waals surface area contributed by atoms with Gasteiger partial charge in [0.15, 0.2) is 0 Å². The van der Waals surface area contributed by atoms with Crippen LogP contribution in [0.3, 0.4) is 0 Å². The molecule has 0 saturated heterocycles. The van der Waals surface area contributed by atoms with Crippen LogP contribution >= 0.6 is 0 Å². The third kappa shape index (κ3) is 9.26. The molecule has 2 heteroatoms. The lowest BCUT2D eigenvalue weighted by atomic mass is 9.66. The van der Waals surface area contributed by atoms with E-state index in [9.17, 15) is 0 Å². The van der Waals surface area contributed by atoms with Gasteiger partial charge < -0.3 is 9.80 Å². The number of para-hydroxylation sites is 4. The molecular weight excluding hydrogens is 1220 g/mol. The highest BCUT2D eigenvalue weighted by Crippen LogP contribution is 2.62. The number of rotatable bonds is 14. The summed E-state index contributed by atoms with van der Waals surface area (Å²) in [5, 5.41) is 0. The Labute approximate surface area is 591 Å². The first kappa shape index (κ1) is 59.4. The van der Waals surface area contributed by atoms with Crippen LogP contribution in [0.5, 0.6) is 0 Å². The highest BCUT2D eigenvalue weighted by molar-refractivity contribution is 5.96. The molecule has 19 rings (SSSR count). The Morgan fingerprint density at radius 3 is 0.505 bits per heavy atom. The zero-order chi connectivity index (χ0) is 66.9. The van der Waals surface area contributed by atoms with Gasteiger partial charge in [-0.3, -0.25) is 0 Å². The van der Waals surface area contributed by atoms with Crippen LogP contribution in [0.25, 0.3) is 55.6 Å². The molecule has 0 unspecified atom stereocenters. The maximum atomic E-state index is 2.53. The van der Waals surface area contributed by atoms with E-state index in [2.05, 4.69) is 422 Å². The fraction of sp³-hybridized carbons (Fsp3) is 0.0303. The number of fused-ring (bicyclic) bond motifs is 9. The van der Waals surface area contributed by atoms with Crippen molar-refractivity contribution >= 4 is 34.1 Å². The minimum absolute atomic E-state index is 0.670. The van der Waals surface area contributed by atoms with E-state index in [-0.39, 0.29) is 0 Å². The SMILES string of the molecule is c1ccc(N(c2ccccc2)c2ccc3c(c2)C(c2ccccc2)(c2ccccc2)c2cc(-c4ccc5c(c4)C(c4ccccc4)(c4ccccc4)c4cc(-c6ccc7c(c6)C(c6ccccc6)(c6ccccc6)c6cc(N(c8ccccc8)c8ccccc8)ccc6-7)ccc4-5)ccc2-3)cc1. The molecule has 101 heavy (non-hydrogen) atoms. The summed E-state index contributed by atoms with van der Waals surface area (Å²) in [6.07, 6.45) is 0. The van der Waals surface area contributed by atoms with Gasteiger partial charge in [-0.25, -0.2) is 0 Å². The fourth-order valence-electron chi connectivity index (χ4n) is 17.6. The first-order chi connectivity index (χ1) is 50.1. The summed E-state index contributed by atoms with van der Waals surface area (Å²) in [6, 6.07) is 154. The Balaban J connectivity index is 0.788. The molecule has 0 amide bonds. The van der Waals surface area contributed by atoms with Crippen LogP contribution in [0.1, 0.15) is 66.8 Å². The van der Waals surface area contributed by atoms with Gasteiger partial charge in [-0.2, -0.15) is 0 Å². The Morgan fingerprint density at radius 2 is 0.307 bits per heavy atom. The van der Waals surface area contributed by atoms with Crippen molar-refractivity contribution in [1.29, 1.82) is 0 Å². The normalized spacial score (nSPS) is 13.6. The third-order valence-electron chi connectivity index (χ3n) is 21.9. The summed E-state index contributed by atoms with van der Waals surface area (Å²) < 4.78 is 0. The van der Waals surface area contributed by atoms with E-state index in [0.29, 0.717) is 0 Å². The first-order valence-electron chi connectivity index (χ1n) is 35.1. The minimum atomic E-state index is -0.700. The van der Waals surface area contributed by atoms with Gasteiger partial charge >= 0.3 is 0 Å². The molecule has 0 N–H and O–H groups in total. The molecule has 2 nitrogen and oxygen atoms in total. The summed E-state index contributed by atoms with van der Waals surface area (Å²) in [5.41, 5.74) is 31.5. The van der Waals surface area contributed by atoms with Gasteiger partial charge in [0.25, 0.3) is 0 Å². The van der Waals surface area contributed by atoms with E-state index in [1.165, 1.54) is 100 Å². The highest BCUT2D eigenvalue weighted by atomic mass is 15.1. The smallest absolute Gasteiger partial charge is 0.0714 e. The molecule has 16 aromatic carbocycles. The maximum Gasteiger partial charge on any atom is 0.0714 e. The van der Waals surface area contributed by atoms with Crippen molar-refractivity contribution < 1.29 is 0 Å². The largest absolute Gasteiger partial charge is 0.310 e. The number of anilines is 6. The lowest BCUT2D eigenvalue weighted by molar-refractivity contribution is 0.767. The predicted octanol–water partition coefficient (Wildman–Crippen LogP) is 25.0. The standard InChI is InChI=1S/C99H68N2/c1-11-31-73(32-12-1)97(74-33-13-2-14-34-74)91-63-69(71-53-59-87-89-61-55-83(100(79-43-23-7-24-44-79)80-45-25-8-26-46-80)67-95(89)98(93(87)65-71,75-35-15-3-16-36-75)76-37-17-4-18-38-76)51-57-85(91)86-58-52-70(64-92(86)97)72-54-60-88-90-62-56-84(101(81-47-27-9-28-48-81)82-49-29-10-30-50-82)68-96(90)99(94(88)66-72,77-39-19-5-20-40-77)78-41-21-6-22-42-78/h1-68H. The van der Waals surface area contributed by atoms with Gasteiger partial charge in [-0.15, -0.1) is 0 Å². The van der Waals surface area contributed by atoms with E-state index in [0.717, 1.165) is 56.4 Å². The lowest BCUT2D eigenvalue weighted by Crippen LogP contribution is -2.29. The zero-order valence-corrected chi connectivity index (χ0v) is 55.7. The van der Waals surface area contributed by atoms with Gasteiger partial charge in [-0.05, 0) is 219 Å². The molecule has 0 heterocycles. The van der Waals surface area contributed by atoms with Gasteiger partial charge in [0.1, 0.15) is 0 Å². The first-order valence-corrected chi connectivity index (χ1v) is 35.1. The summed E-state index contributed by atoms with van der Waals surface area (Å²) in [7, 11) is 0. The summed E-state index contributed by atoms with van der Waals surface area (Å²) in [5.74, 6) is 0. The van der Waals surface area contributed by atoms with Crippen LogP contribution in [0.4, 0.5) is 34.1 Å². The molecule has 0 saturated carbocycles. The number of benzene rings is 16. The molecule has 16 aromatic rings. The van der Waals surface area contributed by atoms with Crippen molar-refractivity contribution in [3.05, 3.63) is 479 Å². The molecule has 3 aliphatic rings. The molecule has 0 atom stereocenters. The van der Waals surface area contributed by atoms with Gasteiger partial charge in [-0.1, -0.05) is 315 Å². The van der Waals surface area contributed by atoms with E-state index in [4.69, 9.17) is 0 Å². The van der Waals surface area contributed by atoms with Crippen molar-refractivity contribution in [3.8, 4) is 55.6 Å². The van der Waals surface area contributed by atoms with Crippen LogP contribution in [-0.2, 0) is 16.2 Å². The third-order valence-corrected chi connectivity index (χ3v) is 21.9. The van der Waals surface area contributed by atoms with Crippen LogP contribution in [0.2, 0.25) is 0 Å². The van der Waals surface area contributed by atoms with Crippen LogP contribution in [0.15, 0.2) is 413 Å². The van der Waals surface area contributed by atoms with Crippen molar-refractivity contribution in [2.24, 2.45) is 0 Å². The molecular formula is C99H68N2. The van der Waals surface area contributed by atoms with Crippen LogP contribution < -0.4 is 9.80 Å². The Hall–Kier alpha value is -12.9. The lowest BCUT2D eigenvalue weighted by Gasteiger charge is -2.35. The molecule has 0 radical (unpaired) electrons. The molecule has 0 bridgehead atoms. The van der Waals surface area contributed by atoms with Crippen molar-refractivity contribution in [2.75, 3.05) is 9.80 Å². The average Bonchev–Trinajstić information content (AvgIpc) is 1.55. The van der Waals surface area contributed by atoms with Crippen molar-refractivity contribution in [2.45, 2.75) is 16.2 Å². The number of hydrogen-bond acceptors (Lipinski definition) is 2. The zero-order valence-electron chi connectivity index (χ0n) is 55.7. The number of hydrogen-bond donors (Lipinski definition) is 0. The Kier molecular flexibility index (Phi) is 14.3. The van der Waals surface area contributed by atoms with E-state index in [1.54, 1.807) is 0 Å². The van der Waals surface area contributed by atoms with E-state index >= 15 is 0 Å². The minimum Gasteiger partial charge on any atom is -0.310 e. The van der Waals surface area contributed by atoms with Gasteiger partial charge in [0.2, 0.25) is 0 Å². The summed E-state index contributed by atoms with van der Waals surface area (Å²) in [4.78, 5) is 4.78. The molecule has 0 aromatic heterocycles. The topological polar surface area (TPSA) is 6.48 Å². The maximum absolute atomic E-state index is 2.53. The van der Waals surface area contributed by atoms with E-state index < -0.39 is 16.2 Å². The van der Waals surface area contributed by atoms with Crippen molar-refractivity contribution in [1.82, 2.24) is 0 Å². The predicted molar refractivity (Wildman–Crippen MR) is 419 cm³/mol. The second-order valence-corrected chi connectivity index (χ2v) is 27.0. The summed E-state index contributed by atoms with van der Waals surface area (Å²) in [6.45, 7) is 0. The fourth-order valence-corrected chi connectivity index (χ4v) is 17.6. The monoisotopic (exact) mass is 1280 g/mol. The molecule has 474 valence electrons. The quantitative estimate of drug-likeness (QED) is 0.107. The molecule has 0 fully saturated rings. The van der Waals surface area contributed by atoms with Crippen LogP contribution in [-0.4, -0.2) is 0 Å². The second-order valence-electron chi connectivity index (χ2n) is 27.0. The Morgan fingerprint density at radius 1 is 0.139 bits per heavy atom. The van der Waals surface area contributed by atoms with E-state index in [1.807, 2.05) is 0 Å². The molecule has 3 aliphatic carbocycles. The Bertz CT molecular complexity index is 5210. The van der Waals surface area contributed by atoms with Crippen LogP contribution in [0, 0.1) is 0 Å². The molecule has 0 spiro atoms. The van der Waals surface area contributed by atoms with Crippen molar-refractivity contribution in [3.63, 3.8) is 0 Å². The van der Waals surface area contributed by atoms with Gasteiger partial charge in [0.05, 0.1) is 16.2 Å². The molecule has 0 aliphatic heterocycles. The number of nitrogens with zero attached hydrogens (tertiary/aromatic N) is 2. The van der Waals surface area contributed by atoms with Gasteiger partial charge in [0, 0.05) is 34.1 Å². The summed E-state index contributed by atoms with van der Waals surface area (Å²) >= 11 is 0. The second kappa shape index (κ2) is 24.3.